The van der Waals surface area contributed by atoms with Crippen molar-refractivity contribution in [2.24, 2.45) is 0 Å². The van der Waals surface area contributed by atoms with Crippen LogP contribution in [0.15, 0.2) is 84.7 Å². The molecule has 0 radical (unpaired) electrons. The molecule has 0 amide bonds. The zero-order valence-electron chi connectivity index (χ0n) is 15.5. The maximum absolute atomic E-state index is 10.7. The van der Waals surface area contributed by atoms with Crippen LogP contribution in [0.1, 0.15) is 45.4 Å². The minimum Gasteiger partial charge on any atom is -0.303 e. The number of hydrogen-bond acceptors (Lipinski definition) is 3. The van der Waals surface area contributed by atoms with Crippen LogP contribution < -0.4 is 0 Å². The highest BCUT2D eigenvalue weighted by atomic mass is 16.6. The molecule has 0 spiro atoms. The van der Waals surface area contributed by atoms with Crippen molar-refractivity contribution < 1.29 is 9.72 Å². The molecule has 0 fully saturated rings. The molecule has 0 unspecified atom stereocenters. The van der Waals surface area contributed by atoms with Crippen molar-refractivity contribution in [2.45, 2.75) is 45.4 Å². The summed E-state index contributed by atoms with van der Waals surface area (Å²) in [4.78, 5) is 20.5. The molecule has 26 heavy (non-hydrogen) atoms. The Hall–Kier alpha value is -2.75. The molecule has 140 valence electrons. The number of nitro groups is 1. The minimum atomic E-state index is -0.322. The zero-order chi connectivity index (χ0) is 19.3. The third kappa shape index (κ3) is 16.1. The lowest BCUT2D eigenvalue weighted by Gasteiger charge is -1.92. The third-order valence-electron chi connectivity index (χ3n) is 3.16. The van der Waals surface area contributed by atoms with E-state index in [0.717, 1.165) is 25.5 Å². The first-order chi connectivity index (χ1) is 12.7. The van der Waals surface area contributed by atoms with E-state index in [1.807, 2.05) is 73.8 Å². The number of unbranched alkanes of at least 4 members (excludes halogenated alkanes) is 1. The van der Waals surface area contributed by atoms with Gasteiger partial charge < -0.3 is 4.79 Å². The summed E-state index contributed by atoms with van der Waals surface area (Å²) in [6.45, 7) is 1.89. The van der Waals surface area contributed by atoms with E-state index in [-0.39, 0.29) is 10.6 Å². The van der Waals surface area contributed by atoms with Gasteiger partial charge in [-0.3, -0.25) is 10.1 Å². The Morgan fingerprint density at radius 3 is 1.92 bits per heavy atom. The van der Waals surface area contributed by atoms with Gasteiger partial charge in [0.15, 0.2) is 0 Å². The van der Waals surface area contributed by atoms with Crippen molar-refractivity contribution in [3.63, 3.8) is 0 Å². The monoisotopic (exact) mass is 355 g/mol. The number of allylic oxidation sites excluding steroid dienone is 13. The zero-order valence-corrected chi connectivity index (χ0v) is 15.5. The van der Waals surface area contributed by atoms with Crippen LogP contribution in [0.4, 0.5) is 0 Å². The largest absolute Gasteiger partial charge is 0.303 e. The van der Waals surface area contributed by atoms with Crippen LogP contribution in [0.2, 0.25) is 0 Å². The van der Waals surface area contributed by atoms with Gasteiger partial charge in [-0.25, -0.2) is 0 Å². The van der Waals surface area contributed by atoms with Crippen molar-refractivity contribution in [1.82, 2.24) is 0 Å². The smallest absolute Gasteiger partial charge is 0.246 e. The summed E-state index contributed by atoms with van der Waals surface area (Å²) in [5.41, 5.74) is 0.252. The number of carbonyl (C=O) groups excluding carboxylic acids is 1. The highest BCUT2D eigenvalue weighted by molar-refractivity contribution is 5.49. The molecular formula is C22H29NO3. The second-order valence-corrected chi connectivity index (χ2v) is 5.35. The highest BCUT2D eigenvalue weighted by Gasteiger charge is 2.05. The normalized spacial score (nSPS) is 13.5. The molecule has 0 rings (SSSR count). The number of rotatable bonds is 14. The van der Waals surface area contributed by atoms with Gasteiger partial charge in [-0.2, -0.15) is 0 Å². The molecule has 0 heterocycles. The molecule has 0 saturated heterocycles. The van der Waals surface area contributed by atoms with Crippen molar-refractivity contribution >= 4 is 6.29 Å². The van der Waals surface area contributed by atoms with E-state index >= 15 is 0 Å². The second kappa shape index (κ2) is 18.6. The Labute approximate surface area is 156 Å². The maximum Gasteiger partial charge on any atom is 0.246 e. The SMILES string of the molecule is CC/C=C(/C/C=C/C/C=C/C=C/C=C/C=C/C/C=C/CCC=O)[N+](=O)[O-]. The number of nitrogens with zero attached hydrogens (tertiary/aromatic N) is 1. The maximum atomic E-state index is 10.7. The summed E-state index contributed by atoms with van der Waals surface area (Å²) in [5.74, 6) is 0. The third-order valence-corrected chi connectivity index (χ3v) is 3.16. The first-order valence-corrected chi connectivity index (χ1v) is 8.94. The van der Waals surface area contributed by atoms with Crippen molar-refractivity contribution in [2.75, 3.05) is 0 Å². The molecule has 4 heteroatoms. The summed E-state index contributed by atoms with van der Waals surface area (Å²) in [5, 5.41) is 10.7. The minimum absolute atomic E-state index is 0.252. The van der Waals surface area contributed by atoms with Gasteiger partial charge in [0.25, 0.3) is 0 Å². The predicted molar refractivity (Wildman–Crippen MR) is 109 cm³/mol. The van der Waals surface area contributed by atoms with Crippen LogP contribution in [0.5, 0.6) is 0 Å². The Balaban J connectivity index is 3.89. The van der Waals surface area contributed by atoms with Crippen LogP contribution >= 0.6 is 0 Å². The Morgan fingerprint density at radius 2 is 1.38 bits per heavy atom. The lowest BCUT2D eigenvalue weighted by molar-refractivity contribution is -0.427. The van der Waals surface area contributed by atoms with Gasteiger partial charge in [0, 0.05) is 6.42 Å². The van der Waals surface area contributed by atoms with E-state index in [1.54, 1.807) is 6.08 Å². The molecule has 0 bridgehead atoms. The average Bonchev–Trinajstić information content (AvgIpc) is 2.63. The lowest BCUT2D eigenvalue weighted by Crippen LogP contribution is -1.96. The molecule has 0 saturated carbocycles. The van der Waals surface area contributed by atoms with E-state index < -0.39 is 0 Å². The van der Waals surface area contributed by atoms with E-state index in [1.165, 1.54) is 0 Å². The van der Waals surface area contributed by atoms with Gasteiger partial charge in [0.1, 0.15) is 6.29 Å². The summed E-state index contributed by atoms with van der Waals surface area (Å²) < 4.78 is 0. The topological polar surface area (TPSA) is 60.2 Å². The van der Waals surface area contributed by atoms with Crippen molar-refractivity contribution in [3.8, 4) is 0 Å². The van der Waals surface area contributed by atoms with Crippen molar-refractivity contribution in [1.29, 1.82) is 0 Å². The van der Waals surface area contributed by atoms with E-state index in [0.29, 0.717) is 19.3 Å². The Bertz CT molecular complexity index is 591. The quantitative estimate of drug-likeness (QED) is 0.0952. The second-order valence-electron chi connectivity index (χ2n) is 5.35. The van der Waals surface area contributed by atoms with Crippen LogP contribution in [-0.2, 0) is 4.79 Å². The number of hydrogen-bond donors (Lipinski definition) is 0. The van der Waals surface area contributed by atoms with E-state index in [2.05, 4.69) is 6.08 Å². The molecule has 0 aliphatic rings. The van der Waals surface area contributed by atoms with Crippen molar-refractivity contribution in [3.05, 3.63) is 94.8 Å². The molecule has 0 atom stereocenters. The standard InChI is InChI=1S/C22H29NO3/c1-2-19-22(23(25)26)20-17-15-13-11-9-7-5-3-4-6-8-10-12-14-16-18-21-24/h3-9,11-12,14-15,17,19,21H,2,10,13,16,18,20H2,1H3/b4-3+,7-5+,8-6+,11-9+,14-12+,17-15+,22-19-. The van der Waals surface area contributed by atoms with Crippen LogP contribution in [0.25, 0.3) is 0 Å². The number of aldehydes is 1. The summed E-state index contributed by atoms with van der Waals surface area (Å²) in [6, 6.07) is 0. The highest BCUT2D eigenvalue weighted by Crippen LogP contribution is 2.05. The fourth-order valence-electron chi connectivity index (χ4n) is 1.87. The molecule has 0 N–H and O–H groups in total. The molecule has 0 aliphatic heterocycles. The van der Waals surface area contributed by atoms with Gasteiger partial charge in [0.2, 0.25) is 5.70 Å². The van der Waals surface area contributed by atoms with Gasteiger partial charge in [0.05, 0.1) is 11.3 Å². The molecule has 0 aromatic rings. The summed E-state index contributed by atoms with van der Waals surface area (Å²) in [6.07, 6.45) is 30.2. The fourth-order valence-corrected chi connectivity index (χ4v) is 1.87. The first-order valence-electron chi connectivity index (χ1n) is 8.94. The molecule has 0 aromatic heterocycles. The van der Waals surface area contributed by atoms with E-state index in [9.17, 15) is 14.9 Å². The average molecular weight is 355 g/mol. The van der Waals surface area contributed by atoms with Crippen LogP contribution in [0.3, 0.4) is 0 Å². The van der Waals surface area contributed by atoms with Crippen LogP contribution in [-0.4, -0.2) is 11.2 Å². The Kier molecular flexibility index (Phi) is 16.6. The first kappa shape index (κ1) is 23.2. The predicted octanol–water partition coefficient (Wildman–Crippen LogP) is 6.04. The van der Waals surface area contributed by atoms with Gasteiger partial charge in [-0.05, 0) is 31.8 Å². The number of carbonyl (C=O) groups is 1. The molecular weight excluding hydrogens is 326 g/mol. The molecule has 4 nitrogen and oxygen atoms in total. The molecule has 0 aliphatic carbocycles. The fraction of sp³-hybridized carbons (Fsp3) is 0.318. The Morgan fingerprint density at radius 1 is 0.808 bits per heavy atom. The lowest BCUT2D eigenvalue weighted by atomic mass is 10.2. The van der Waals surface area contributed by atoms with Crippen LogP contribution in [0, 0.1) is 10.1 Å². The summed E-state index contributed by atoms with van der Waals surface area (Å²) >= 11 is 0. The van der Waals surface area contributed by atoms with Gasteiger partial charge in [-0.1, -0.05) is 79.8 Å². The molecule has 0 aromatic carbocycles. The summed E-state index contributed by atoms with van der Waals surface area (Å²) in [7, 11) is 0. The van der Waals surface area contributed by atoms with E-state index in [4.69, 9.17) is 0 Å². The van der Waals surface area contributed by atoms with Gasteiger partial charge >= 0.3 is 0 Å². The van der Waals surface area contributed by atoms with Gasteiger partial charge in [-0.15, -0.1) is 0 Å².